The van der Waals surface area contributed by atoms with E-state index in [0.717, 1.165) is 64.2 Å². The predicted molar refractivity (Wildman–Crippen MR) is 177 cm³/mol. The van der Waals surface area contributed by atoms with Gasteiger partial charge in [-0.2, -0.15) is 0 Å². The number of fused-ring (bicyclic) bond motifs is 5. The van der Waals surface area contributed by atoms with E-state index in [1.165, 1.54) is 12.8 Å². The first-order valence-corrected chi connectivity index (χ1v) is 17.8. The average Bonchev–Trinajstić information content (AvgIpc) is 3.41. The second-order valence-corrected chi connectivity index (χ2v) is 14.8. The zero-order chi connectivity index (χ0) is 33.0. The van der Waals surface area contributed by atoms with Crippen molar-refractivity contribution in [2.24, 2.45) is 61.7 Å². The summed E-state index contributed by atoms with van der Waals surface area (Å²) in [7, 11) is 0. The van der Waals surface area contributed by atoms with Gasteiger partial charge in [-0.3, -0.25) is 0 Å². The highest BCUT2D eigenvalue weighted by molar-refractivity contribution is 5.15. The molecule has 13 nitrogen and oxygen atoms in total. The summed E-state index contributed by atoms with van der Waals surface area (Å²) < 4.78 is 20.1. The second-order valence-electron chi connectivity index (χ2n) is 14.8. The first kappa shape index (κ1) is 36.6. The molecule has 4 fully saturated rings. The highest BCUT2D eigenvalue weighted by Gasteiger charge is 2.66. The fraction of sp³-hybridized carbons (Fsp3) is 1.00. The van der Waals surface area contributed by atoms with Crippen LogP contribution in [0.2, 0.25) is 0 Å². The number of aliphatic hydroxyl groups is 1. The molecule has 0 aromatic carbocycles. The van der Waals surface area contributed by atoms with E-state index >= 15 is 0 Å². The fourth-order valence-electron chi connectivity index (χ4n) is 10.5. The average molecular weight is 644 g/mol. The molecule has 1 N–H and O–H groups in total. The van der Waals surface area contributed by atoms with Crippen LogP contribution in [-0.4, -0.2) is 69.5 Å². The van der Waals surface area contributed by atoms with Crippen molar-refractivity contribution in [1.82, 2.24) is 0 Å². The summed E-state index contributed by atoms with van der Waals surface area (Å²) in [5.74, 6) is 2.86. The van der Waals surface area contributed by atoms with E-state index < -0.39 is 0 Å². The molecule has 0 radical (unpaired) electrons. The van der Waals surface area contributed by atoms with E-state index in [0.29, 0.717) is 75.0 Å². The van der Waals surface area contributed by atoms with Gasteiger partial charge in [0, 0.05) is 66.2 Å². The topological polar surface area (TPSA) is 194 Å². The Kier molecular flexibility index (Phi) is 14.2. The van der Waals surface area contributed by atoms with Crippen LogP contribution in [0.4, 0.5) is 0 Å². The third-order valence-corrected chi connectivity index (χ3v) is 12.7. The van der Waals surface area contributed by atoms with Gasteiger partial charge in [0.05, 0.1) is 18.3 Å². The first-order chi connectivity index (χ1) is 22.3. The molecule has 4 aliphatic carbocycles. The molecule has 4 saturated carbocycles. The quantitative estimate of drug-likeness (QED) is 0.0637. The molecule has 0 spiro atoms. The molecule has 0 saturated heterocycles. The highest BCUT2D eigenvalue weighted by atomic mass is 16.5. The van der Waals surface area contributed by atoms with Gasteiger partial charge in [-0.1, -0.05) is 36.1 Å². The van der Waals surface area contributed by atoms with Crippen LogP contribution in [0.3, 0.4) is 0 Å². The largest absolute Gasteiger partial charge is 0.396 e. The summed E-state index contributed by atoms with van der Waals surface area (Å²) in [5.41, 5.74) is 26.3. The number of hydrogen-bond acceptors (Lipinski definition) is 7. The maximum atomic E-state index is 9.63. The van der Waals surface area contributed by atoms with E-state index in [4.69, 9.17) is 30.8 Å². The molecular weight excluding hydrogens is 586 g/mol. The SMILES string of the molecule is C[C@H](CCCO)C1CC[C@H]2C3[C@H](OCCCN=[N+]=[N-])CC4C[C@H](OCCCN=[N+]=[N-])CC[C@]4(C)[C@H]3CC(OCCCN=[N+]=[N-])[C@]12C. The smallest absolute Gasteiger partial charge is 0.0637 e. The van der Waals surface area contributed by atoms with Crippen LogP contribution in [-0.2, 0) is 14.2 Å². The lowest BCUT2D eigenvalue weighted by Gasteiger charge is -2.65. The van der Waals surface area contributed by atoms with Crippen LogP contribution >= 0.6 is 0 Å². The molecule has 0 heterocycles. The van der Waals surface area contributed by atoms with E-state index in [1.54, 1.807) is 0 Å². The van der Waals surface area contributed by atoms with Gasteiger partial charge in [0.1, 0.15) is 0 Å². The van der Waals surface area contributed by atoms with Gasteiger partial charge < -0.3 is 19.3 Å². The molecule has 0 aliphatic heterocycles. The molecule has 11 atom stereocenters. The third-order valence-electron chi connectivity index (χ3n) is 12.7. The summed E-state index contributed by atoms with van der Waals surface area (Å²) in [6.45, 7) is 10.8. The van der Waals surface area contributed by atoms with Crippen LogP contribution in [0.5, 0.6) is 0 Å². The van der Waals surface area contributed by atoms with Gasteiger partial charge in [0.15, 0.2) is 0 Å². The highest BCUT2D eigenvalue weighted by Crippen LogP contribution is 2.69. The van der Waals surface area contributed by atoms with Crippen LogP contribution in [0.1, 0.15) is 97.8 Å². The van der Waals surface area contributed by atoms with E-state index in [1.807, 2.05) is 0 Å². The number of nitrogens with zero attached hydrogens (tertiary/aromatic N) is 9. The minimum Gasteiger partial charge on any atom is -0.396 e. The number of aliphatic hydroxyl groups excluding tert-OH is 1. The molecule has 4 rings (SSSR count). The van der Waals surface area contributed by atoms with Gasteiger partial charge in [-0.25, -0.2) is 0 Å². The van der Waals surface area contributed by atoms with Gasteiger partial charge in [-0.15, -0.1) is 0 Å². The van der Waals surface area contributed by atoms with Crippen molar-refractivity contribution >= 4 is 0 Å². The Morgan fingerprint density at radius 2 is 1.41 bits per heavy atom. The maximum absolute atomic E-state index is 9.63. The molecule has 46 heavy (non-hydrogen) atoms. The Morgan fingerprint density at radius 1 is 0.783 bits per heavy atom. The van der Waals surface area contributed by atoms with Crippen molar-refractivity contribution in [1.29, 1.82) is 0 Å². The van der Waals surface area contributed by atoms with Crippen molar-refractivity contribution in [3.63, 3.8) is 0 Å². The molecule has 258 valence electrons. The fourth-order valence-corrected chi connectivity index (χ4v) is 10.5. The maximum Gasteiger partial charge on any atom is 0.0637 e. The van der Waals surface area contributed by atoms with Crippen molar-refractivity contribution in [2.75, 3.05) is 46.1 Å². The van der Waals surface area contributed by atoms with Gasteiger partial charge in [0.2, 0.25) is 0 Å². The normalized spacial score (nSPS) is 37.0. The summed E-state index contributed by atoms with van der Waals surface area (Å²) >= 11 is 0. The molecule has 13 heteroatoms. The third kappa shape index (κ3) is 8.24. The minimum atomic E-state index is -0.00331. The van der Waals surface area contributed by atoms with Gasteiger partial charge in [-0.05, 0) is 135 Å². The van der Waals surface area contributed by atoms with Gasteiger partial charge in [0.25, 0.3) is 0 Å². The summed E-state index contributed by atoms with van der Waals surface area (Å²) in [6, 6.07) is 0. The Hall–Kier alpha value is -2.23. The summed E-state index contributed by atoms with van der Waals surface area (Å²) in [6.07, 6.45) is 12.0. The lowest BCUT2D eigenvalue weighted by Crippen LogP contribution is -2.63. The van der Waals surface area contributed by atoms with E-state index in [-0.39, 0.29) is 35.7 Å². The van der Waals surface area contributed by atoms with Crippen LogP contribution in [0, 0.1) is 46.3 Å². The summed E-state index contributed by atoms with van der Waals surface area (Å²) in [5, 5.41) is 20.8. The molecule has 0 aromatic rings. The monoisotopic (exact) mass is 643 g/mol. The van der Waals surface area contributed by atoms with Crippen molar-refractivity contribution in [3.05, 3.63) is 31.3 Å². The Morgan fingerprint density at radius 3 is 2.04 bits per heavy atom. The Bertz CT molecular complexity index is 1110. The standard InChI is InChI=1S/C33H57N9O4/c1-23(8-4-16-43)26-9-10-27-31-28(22-30(33(26,27)3)46-19-7-15-39-42-36)32(2)12-11-25(44-17-5-13-37-40-34)20-24(32)21-29(31)45-18-6-14-38-41-35/h23-31,43H,4-22H2,1-3H3/t23-,24?,25-,26?,27+,28+,29-,30?,31?,32+,33-/m1/s1. The number of hydrogen-bond donors (Lipinski definition) is 1. The zero-order valence-corrected chi connectivity index (χ0v) is 28.3. The van der Waals surface area contributed by atoms with Crippen LogP contribution < -0.4 is 0 Å². The molecule has 0 amide bonds. The number of ether oxygens (including phenoxy) is 3. The van der Waals surface area contributed by atoms with Gasteiger partial charge >= 0.3 is 0 Å². The van der Waals surface area contributed by atoms with Crippen LogP contribution in [0.15, 0.2) is 15.3 Å². The predicted octanol–water partition coefficient (Wildman–Crippen LogP) is 8.53. The molecule has 4 aliphatic rings. The zero-order valence-electron chi connectivity index (χ0n) is 28.3. The second kappa shape index (κ2) is 17.8. The van der Waals surface area contributed by atoms with E-state index in [9.17, 15) is 5.11 Å². The molecular formula is C33H57N9O4. The van der Waals surface area contributed by atoms with Crippen molar-refractivity contribution in [3.8, 4) is 0 Å². The molecule has 0 bridgehead atoms. The minimum absolute atomic E-state index is 0.00331. The Labute approximate surface area is 274 Å². The summed E-state index contributed by atoms with van der Waals surface area (Å²) in [4.78, 5) is 8.71. The first-order valence-electron chi connectivity index (χ1n) is 17.8. The Balaban J connectivity index is 1.61. The van der Waals surface area contributed by atoms with Crippen molar-refractivity contribution in [2.45, 2.75) is 116 Å². The van der Waals surface area contributed by atoms with Crippen LogP contribution in [0.25, 0.3) is 31.3 Å². The lowest BCUT2D eigenvalue weighted by atomic mass is 9.43. The number of azide groups is 3. The molecule has 4 unspecified atom stereocenters. The lowest BCUT2D eigenvalue weighted by molar-refractivity contribution is -0.227. The molecule has 0 aromatic heterocycles. The van der Waals surface area contributed by atoms with E-state index in [2.05, 4.69) is 50.8 Å². The van der Waals surface area contributed by atoms with Crippen molar-refractivity contribution < 1.29 is 19.3 Å². The number of rotatable bonds is 19.